The van der Waals surface area contributed by atoms with Gasteiger partial charge in [0.25, 0.3) is 5.91 Å². The third-order valence-corrected chi connectivity index (χ3v) is 7.80. The van der Waals surface area contributed by atoms with Gasteiger partial charge in [-0.3, -0.25) is 9.59 Å². The standard InChI is InChI=1S/C22H29FN4O5S/c1-14(2)19(24-21(28)17-6-8-18(23)9-7-17)22(29)26-10-5-11-27(13-12-26)33(30,31)20-15(3)25-32-16(20)4/h6-9,14,19H,5,10-13H2,1-4H3,(H,24,28)/t19-/m0/s1. The van der Waals surface area contributed by atoms with Gasteiger partial charge in [0.2, 0.25) is 15.9 Å². The SMILES string of the molecule is Cc1noc(C)c1S(=O)(=O)N1CCCN(C(=O)[C@@H](NC(=O)c2ccc(F)cc2)C(C)C)CC1. The van der Waals surface area contributed by atoms with Crippen molar-refractivity contribution < 1.29 is 26.9 Å². The molecule has 1 aliphatic rings. The van der Waals surface area contributed by atoms with E-state index in [2.05, 4.69) is 10.5 Å². The predicted octanol–water partition coefficient (Wildman–Crippen LogP) is 2.11. The van der Waals surface area contributed by atoms with Crippen molar-refractivity contribution in [3.8, 4) is 0 Å². The second-order valence-corrected chi connectivity index (χ2v) is 10.3. The van der Waals surface area contributed by atoms with Crippen molar-refractivity contribution >= 4 is 21.8 Å². The molecule has 2 heterocycles. The van der Waals surface area contributed by atoms with E-state index in [1.165, 1.54) is 28.6 Å². The number of nitrogens with one attached hydrogen (secondary N) is 1. The van der Waals surface area contributed by atoms with Crippen molar-refractivity contribution in [2.24, 2.45) is 5.92 Å². The monoisotopic (exact) mass is 480 g/mol. The van der Waals surface area contributed by atoms with E-state index in [9.17, 15) is 22.4 Å². The highest BCUT2D eigenvalue weighted by molar-refractivity contribution is 7.89. The fraction of sp³-hybridized carbons (Fsp3) is 0.500. The van der Waals surface area contributed by atoms with E-state index in [1.807, 2.05) is 13.8 Å². The maximum absolute atomic E-state index is 13.3. The summed E-state index contributed by atoms with van der Waals surface area (Å²) >= 11 is 0. The first-order valence-electron chi connectivity index (χ1n) is 10.8. The second kappa shape index (κ2) is 10.0. The fourth-order valence-corrected chi connectivity index (χ4v) is 5.62. The van der Waals surface area contributed by atoms with Gasteiger partial charge >= 0.3 is 0 Å². The van der Waals surface area contributed by atoms with Crippen LogP contribution in [0, 0.1) is 25.6 Å². The summed E-state index contributed by atoms with van der Waals surface area (Å²) in [7, 11) is -3.81. The van der Waals surface area contributed by atoms with E-state index in [4.69, 9.17) is 4.52 Å². The summed E-state index contributed by atoms with van der Waals surface area (Å²) in [5, 5.41) is 6.48. The van der Waals surface area contributed by atoms with Gasteiger partial charge in [0.05, 0.1) is 0 Å². The van der Waals surface area contributed by atoms with Crippen LogP contribution in [0.5, 0.6) is 0 Å². The summed E-state index contributed by atoms with van der Waals surface area (Å²) in [4.78, 5) is 27.5. The maximum atomic E-state index is 13.3. The van der Waals surface area contributed by atoms with Crippen molar-refractivity contribution in [2.75, 3.05) is 26.2 Å². The summed E-state index contributed by atoms with van der Waals surface area (Å²) in [6.45, 7) is 7.70. The van der Waals surface area contributed by atoms with E-state index in [-0.39, 0.29) is 47.7 Å². The first-order chi connectivity index (χ1) is 15.5. The molecule has 0 radical (unpaired) electrons. The predicted molar refractivity (Wildman–Crippen MR) is 118 cm³/mol. The van der Waals surface area contributed by atoms with Crippen LogP contribution in [-0.2, 0) is 14.8 Å². The van der Waals surface area contributed by atoms with Crippen LogP contribution in [0.15, 0.2) is 33.7 Å². The van der Waals surface area contributed by atoms with Crippen molar-refractivity contribution in [2.45, 2.75) is 45.1 Å². The lowest BCUT2D eigenvalue weighted by atomic mass is 10.0. The van der Waals surface area contributed by atoms with Crippen LogP contribution in [0.4, 0.5) is 4.39 Å². The first-order valence-corrected chi connectivity index (χ1v) is 12.2. The minimum absolute atomic E-state index is 0.0638. The molecule has 1 saturated heterocycles. The molecule has 1 aliphatic heterocycles. The van der Waals surface area contributed by atoms with E-state index >= 15 is 0 Å². The molecule has 33 heavy (non-hydrogen) atoms. The molecule has 11 heteroatoms. The van der Waals surface area contributed by atoms with Gasteiger partial charge in [0.15, 0.2) is 5.76 Å². The molecule has 9 nitrogen and oxygen atoms in total. The van der Waals surface area contributed by atoms with Gasteiger partial charge < -0.3 is 14.7 Å². The Hall–Kier alpha value is -2.79. The Bertz CT molecular complexity index is 1090. The number of aryl methyl sites for hydroxylation is 2. The number of hydrogen-bond donors (Lipinski definition) is 1. The van der Waals surface area contributed by atoms with Crippen LogP contribution in [0.2, 0.25) is 0 Å². The van der Waals surface area contributed by atoms with Crippen LogP contribution in [-0.4, -0.2) is 66.8 Å². The van der Waals surface area contributed by atoms with Crippen LogP contribution in [0.25, 0.3) is 0 Å². The number of benzene rings is 1. The first kappa shape index (κ1) is 24.8. The lowest BCUT2D eigenvalue weighted by molar-refractivity contribution is -0.134. The molecule has 1 aromatic heterocycles. The average Bonchev–Trinajstić information content (AvgIpc) is 2.95. The molecule has 2 aromatic rings. The van der Waals surface area contributed by atoms with Crippen LogP contribution >= 0.6 is 0 Å². The topological polar surface area (TPSA) is 113 Å². The minimum atomic E-state index is -3.81. The van der Waals surface area contributed by atoms with Crippen molar-refractivity contribution in [3.63, 3.8) is 0 Å². The number of nitrogens with zero attached hydrogens (tertiary/aromatic N) is 3. The summed E-state index contributed by atoms with van der Waals surface area (Å²) in [6.07, 6.45) is 0.449. The molecule has 0 spiro atoms. The van der Waals surface area contributed by atoms with E-state index in [1.54, 1.807) is 18.7 Å². The molecular weight excluding hydrogens is 451 g/mol. The molecule has 0 aliphatic carbocycles. The Kier molecular flexibility index (Phi) is 7.53. The number of rotatable bonds is 6. The highest BCUT2D eigenvalue weighted by Crippen LogP contribution is 2.24. The Labute approximate surface area is 193 Å². The number of amides is 2. The molecule has 0 saturated carbocycles. The highest BCUT2D eigenvalue weighted by atomic mass is 32.2. The molecule has 0 unspecified atom stereocenters. The normalized spacial score (nSPS) is 16.5. The Morgan fingerprint density at radius 2 is 1.76 bits per heavy atom. The Balaban J connectivity index is 1.71. The summed E-state index contributed by atoms with van der Waals surface area (Å²) in [6, 6.07) is 4.29. The Morgan fingerprint density at radius 3 is 2.33 bits per heavy atom. The summed E-state index contributed by atoms with van der Waals surface area (Å²) in [5.74, 6) is -1.18. The Morgan fingerprint density at radius 1 is 1.09 bits per heavy atom. The number of carbonyl (C=O) groups is 2. The molecule has 1 N–H and O–H groups in total. The van der Waals surface area contributed by atoms with Gasteiger partial charge in [0.1, 0.15) is 22.4 Å². The number of halogens is 1. The third-order valence-electron chi connectivity index (χ3n) is 5.66. The number of carbonyl (C=O) groups excluding carboxylic acids is 2. The lowest BCUT2D eigenvalue weighted by Crippen LogP contribution is -2.52. The quantitative estimate of drug-likeness (QED) is 0.678. The van der Waals surface area contributed by atoms with E-state index in [0.717, 1.165) is 0 Å². The molecule has 1 atom stereocenters. The second-order valence-electron chi connectivity index (χ2n) is 8.44. The third kappa shape index (κ3) is 5.41. The number of aromatic nitrogens is 1. The summed E-state index contributed by atoms with van der Waals surface area (Å²) < 4.78 is 45.8. The van der Waals surface area contributed by atoms with Crippen molar-refractivity contribution in [1.29, 1.82) is 0 Å². The smallest absolute Gasteiger partial charge is 0.251 e. The molecule has 2 amide bonds. The molecule has 180 valence electrons. The van der Waals surface area contributed by atoms with Crippen molar-refractivity contribution in [1.82, 2.24) is 19.7 Å². The largest absolute Gasteiger partial charge is 0.360 e. The van der Waals surface area contributed by atoms with Crippen LogP contribution in [0.3, 0.4) is 0 Å². The minimum Gasteiger partial charge on any atom is -0.360 e. The summed E-state index contributed by atoms with van der Waals surface area (Å²) in [5.41, 5.74) is 0.551. The van der Waals surface area contributed by atoms with Gasteiger partial charge in [-0.25, -0.2) is 12.8 Å². The van der Waals surface area contributed by atoms with Gasteiger partial charge in [-0.2, -0.15) is 4.31 Å². The maximum Gasteiger partial charge on any atom is 0.251 e. The van der Waals surface area contributed by atoms with Gasteiger partial charge in [-0.1, -0.05) is 19.0 Å². The zero-order valence-electron chi connectivity index (χ0n) is 19.2. The molecule has 1 fully saturated rings. The molecule has 1 aromatic carbocycles. The van der Waals surface area contributed by atoms with Gasteiger partial charge in [0, 0.05) is 31.7 Å². The van der Waals surface area contributed by atoms with E-state index in [0.29, 0.717) is 18.7 Å². The highest BCUT2D eigenvalue weighted by Gasteiger charge is 2.35. The molecular formula is C22H29FN4O5S. The van der Waals surface area contributed by atoms with Crippen LogP contribution in [0.1, 0.15) is 42.1 Å². The molecule has 3 rings (SSSR count). The van der Waals surface area contributed by atoms with Gasteiger partial charge in [-0.05, 0) is 50.5 Å². The zero-order valence-corrected chi connectivity index (χ0v) is 20.0. The van der Waals surface area contributed by atoms with Crippen molar-refractivity contribution in [3.05, 3.63) is 47.1 Å². The lowest BCUT2D eigenvalue weighted by Gasteiger charge is -2.29. The van der Waals surface area contributed by atoms with E-state index < -0.39 is 27.8 Å². The zero-order chi connectivity index (χ0) is 24.3. The average molecular weight is 481 g/mol. The van der Waals surface area contributed by atoms with Crippen LogP contribution < -0.4 is 5.32 Å². The number of hydrogen-bond acceptors (Lipinski definition) is 6. The fourth-order valence-electron chi connectivity index (χ4n) is 3.86. The number of sulfonamides is 1. The van der Waals surface area contributed by atoms with Gasteiger partial charge in [-0.15, -0.1) is 0 Å². The molecule has 0 bridgehead atoms.